The van der Waals surface area contributed by atoms with E-state index in [1.807, 2.05) is 25.1 Å². The second-order valence-electron chi connectivity index (χ2n) is 14.9. The third-order valence-corrected chi connectivity index (χ3v) is 13.6. The fourth-order valence-corrected chi connectivity index (χ4v) is 9.30. The van der Waals surface area contributed by atoms with Gasteiger partial charge in [0.25, 0.3) is 5.91 Å². The average molecular weight is 728 g/mol. The molecule has 1 spiro atoms. The predicted octanol–water partition coefficient (Wildman–Crippen LogP) is 3.89. The molecule has 1 aromatic carbocycles. The fourth-order valence-electron chi connectivity index (χ4n) is 7.82. The summed E-state index contributed by atoms with van der Waals surface area (Å²) in [6.07, 6.45) is 7.63. The van der Waals surface area contributed by atoms with Crippen LogP contribution in [0.1, 0.15) is 82.4 Å². The lowest BCUT2D eigenvalue weighted by Gasteiger charge is -2.36. The van der Waals surface area contributed by atoms with Crippen molar-refractivity contribution >= 4 is 56.3 Å². The minimum Gasteiger partial charge on any atom is -0.483 e. The van der Waals surface area contributed by atoms with Gasteiger partial charge in [-0.1, -0.05) is 42.7 Å². The molecule has 4 heterocycles. The van der Waals surface area contributed by atoms with E-state index in [1.54, 1.807) is 19.1 Å². The van der Waals surface area contributed by atoms with Crippen molar-refractivity contribution in [3.8, 4) is 5.75 Å². The number of fused-ring (bicyclic) bond motifs is 5. The maximum absolute atomic E-state index is 14.4. The molecule has 4 amide bonds. The van der Waals surface area contributed by atoms with E-state index in [1.165, 1.54) is 4.90 Å². The van der Waals surface area contributed by atoms with Gasteiger partial charge in [-0.2, -0.15) is 0 Å². The minimum atomic E-state index is -3.98. The second kappa shape index (κ2) is 12.4. The molecule has 1 aromatic heterocycles. The van der Waals surface area contributed by atoms with Crippen molar-refractivity contribution in [2.24, 2.45) is 5.92 Å². The number of ether oxygens (including phenoxy) is 1. The molecule has 5 aliphatic rings. The van der Waals surface area contributed by atoms with Gasteiger partial charge in [-0.25, -0.2) is 18.2 Å². The van der Waals surface area contributed by atoms with E-state index in [-0.39, 0.29) is 25.8 Å². The monoisotopic (exact) mass is 727 g/mol. The average Bonchev–Trinajstić information content (AvgIpc) is 3.94. The predicted molar refractivity (Wildman–Crippen MR) is 184 cm³/mol. The zero-order valence-electron chi connectivity index (χ0n) is 28.1. The lowest BCUT2D eigenvalue weighted by molar-refractivity contribution is -0.141. The highest BCUT2D eigenvalue weighted by molar-refractivity contribution is 7.91. The SMILES string of the molecule is Cc1nc2cc(Cl)ccc2c2c1O[C@]1(CC2)C[C@H]2C(=O)N[C@]3(C(=O)NS(=O)(=O)C4(C)CC4)C[C@H]3/C=C\CCCCC[C@H](NC(=O)O)C(=O)N2C1. The summed E-state index contributed by atoms with van der Waals surface area (Å²) < 4.78 is 34.1. The maximum atomic E-state index is 14.4. The van der Waals surface area contributed by atoms with Crippen LogP contribution < -0.4 is 20.1 Å². The number of allylic oxidation sites excluding steroid dienone is 1. The highest BCUT2D eigenvalue weighted by Crippen LogP contribution is 2.49. The van der Waals surface area contributed by atoms with Crippen molar-refractivity contribution in [3.63, 3.8) is 0 Å². The molecule has 3 fully saturated rings. The van der Waals surface area contributed by atoms with E-state index in [0.29, 0.717) is 55.0 Å². The molecule has 7 rings (SSSR count). The van der Waals surface area contributed by atoms with Gasteiger partial charge < -0.3 is 25.4 Å². The van der Waals surface area contributed by atoms with Crippen molar-refractivity contribution < 1.29 is 37.4 Å². The molecule has 0 radical (unpaired) electrons. The van der Waals surface area contributed by atoms with Crippen molar-refractivity contribution in [1.82, 2.24) is 25.2 Å². The third-order valence-electron chi connectivity index (χ3n) is 11.2. The zero-order chi connectivity index (χ0) is 35.6. The number of aromatic nitrogens is 1. The van der Waals surface area contributed by atoms with Crippen LogP contribution in [0.5, 0.6) is 5.75 Å². The number of hydrogen-bond donors (Lipinski definition) is 4. The van der Waals surface area contributed by atoms with Crippen molar-refractivity contribution in [2.45, 2.75) is 112 Å². The summed E-state index contributed by atoms with van der Waals surface area (Å²) >= 11 is 6.24. The van der Waals surface area contributed by atoms with Gasteiger partial charge in [0.1, 0.15) is 29.0 Å². The van der Waals surface area contributed by atoms with Crippen LogP contribution in [-0.2, 0) is 30.8 Å². The number of hydrogen-bond acceptors (Lipinski definition) is 8. The first-order chi connectivity index (χ1) is 23.7. The van der Waals surface area contributed by atoms with Crippen LogP contribution in [0.15, 0.2) is 30.4 Å². The summed E-state index contributed by atoms with van der Waals surface area (Å²) in [7, 11) is -3.98. The lowest BCUT2D eigenvalue weighted by Crippen LogP contribution is -2.58. The molecule has 13 nitrogen and oxygen atoms in total. The van der Waals surface area contributed by atoms with Gasteiger partial charge in [0.15, 0.2) is 0 Å². The standard InChI is InChI=1S/C35H42ClN5O8S/c1-20-28-24(23-11-10-22(36)16-26(23)37-20)12-13-34(49-28)18-27-29(42)39-35(31(44)40-50(47,48)33(2)14-15-33)17-21(35)8-6-4-3-5-7-9-25(38-32(45)46)30(43)41(27)19-34/h6,8,10-11,16,21,25,27,38H,3-5,7,9,12-15,17-19H2,1-2H3,(H,39,42)(H,40,44)(H,45,46)/b8-6-/t21-,25+,27+,34-,35-/m1/s1. The minimum absolute atomic E-state index is 0.00845. The molecule has 5 atom stereocenters. The van der Waals surface area contributed by atoms with Gasteiger partial charge in [0.2, 0.25) is 21.8 Å². The Bertz CT molecular complexity index is 1930. The quantitative estimate of drug-likeness (QED) is 0.340. The van der Waals surface area contributed by atoms with Crippen molar-refractivity contribution in [3.05, 3.63) is 46.6 Å². The third kappa shape index (κ3) is 6.18. The number of pyridine rings is 1. The van der Waals surface area contributed by atoms with Crippen LogP contribution in [0.2, 0.25) is 5.02 Å². The molecule has 2 aromatic rings. The highest BCUT2D eigenvalue weighted by Gasteiger charge is 2.64. The van der Waals surface area contributed by atoms with Gasteiger partial charge in [-0.3, -0.25) is 19.1 Å². The van der Waals surface area contributed by atoms with Gasteiger partial charge in [0, 0.05) is 28.3 Å². The Morgan fingerprint density at radius 2 is 1.92 bits per heavy atom. The van der Waals surface area contributed by atoms with E-state index in [0.717, 1.165) is 29.3 Å². The summed E-state index contributed by atoms with van der Waals surface area (Å²) in [6, 6.07) is 3.27. The van der Waals surface area contributed by atoms with Gasteiger partial charge in [0.05, 0.1) is 22.5 Å². The Balaban J connectivity index is 1.23. The largest absolute Gasteiger partial charge is 0.483 e. The number of halogens is 1. The summed E-state index contributed by atoms with van der Waals surface area (Å²) in [5, 5.41) is 16.4. The number of carboxylic acid groups (broad SMARTS) is 1. The Kier molecular flexibility index (Phi) is 8.56. The van der Waals surface area contributed by atoms with Gasteiger partial charge >= 0.3 is 6.09 Å². The second-order valence-corrected chi connectivity index (χ2v) is 17.5. The molecular weight excluding hydrogens is 686 g/mol. The molecule has 2 aliphatic carbocycles. The molecule has 15 heteroatoms. The lowest BCUT2D eigenvalue weighted by atomic mass is 9.87. The molecule has 3 aliphatic heterocycles. The zero-order valence-corrected chi connectivity index (χ0v) is 29.7. The number of carbonyl (C=O) groups is 4. The van der Waals surface area contributed by atoms with E-state index in [2.05, 4.69) is 15.4 Å². The Morgan fingerprint density at radius 3 is 2.66 bits per heavy atom. The Morgan fingerprint density at radius 1 is 1.14 bits per heavy atom. The number of rotatable bonds is 4. The summed E-state index contributed by atoms with van der Waals surface area (Å²) in [5.74, 6) is -1.84. The van der Waals surface area contributed by atoms with Crippen LogP contribution in [0.3, 0.4) is 0 Å². The Labute approximate surface area is 295 Å². The number of nitrogens with one attached hydrogen (secondary N) is 3. The van der Waals surface area contributed by atoms with E-state index in [9.17, 15) is 32.7 Å². The normalized spacial score (nSPS) is 31.2. The van der Waals surface area contributed by atoms with Crippen LogP contribution in [0.4, 0.5) is 4.79 Å². The van der Waals surface area contributed by atoms with Crippen LogP contribution in [0, 0.1) is 12.8 Å². The van der Waals surface area contributed by atoms with Crippen LogP contribution >= 0.6 is 11.6 Å². The first kappa shape index (κ1) is 34.5. The molecular formula is C35H42ClN5O8S. The fraction of sp³-hybridized carbons (Fsp3) is 0.571. The molecule has 268 valence electrons. The number of sulfonamides is 1. The summed E-state index contributed by atoms with van der Waals surface area (Å²) in [5.41, 5.74) is -0.199. The summed E-state index contributed by atoms with van der Waals surface area (Å²) in [4.78, 5) is 60.4. The number of amides is 4. The van der Waals surface area contributed by atoms with Gasteiger partial charge in [-0.15, -0.1) is 0 Å². The Hall–Kier alpha value is -3.91. The maximum Gasteiger partial charge on any atom is 0.405 e. The number of carbonyl (C=O) groups excluding carboxylic acids is 3. The highest BCUT2D eigenvalue weighted by atomic mass is 35.5. The first-order valence-corrected chi connectivity index (χ1v) is 19.2. The van der Waals surface area contributed by atoms with Crippen LogP contribution in [0.25, 0.3) is 10.9 Å². The molecule has 0 bridgehead atoms. The molecule has 0 unspecified atom stereocenters. The first-order valence-electron chi connectivity index (χ1n) is 17.3. The molecule has 50 heavy (non-hydrogen) atoms. The molecule has 2 saturated carbocycles. The number of aryl methyl sites for hydroxylation is 2. The smallest absolute Gasteiger partial charge is 0.405 e. The number of benzene rings is 1. The van der Waals surface area contributed by atoms with E-state index < -0.39 is 67.7 Å². The van der Waals surface area contributed by atoms with Gasteiger partial charge in [-0.05, 0) is 77.3 Å². The molecule has 4 N–H and O–H groups in total. The van der Waals surface area contributed by atoms with E-state index in [4.69, 9.17) is 21.3 Å². The van der Waals surface area contributed by atoms with Crippen molar-refractivity contribution in [2.75, 3.05) is 6.54 Å². The number of nitrogens with zero attached hydrogens (tertiary/aromatic N) is 2. The van der Waals surface area contributed by atoms with Crippen molar-refractivity contribution in [1.29, 1.82) is 0 Å². The topological polar surface area (TPSA) is 184 Å². The van der Waals surface area contributed by atoms with Crippen LogP contribution in [-0.4, -0.2) is 81.7 Å². The molecule has 1 saturated heterocycles. The van der Waals surface area contributed by atoms with E-state index >= 15 is 0 Å². The summed E-state index contributed by atoms with van der Waals surface area (Å²) in [6.45, 7) is 3.42.